The highest BCUT2D eigenvalue weighted by Gasteiger charge is 2.27. The summed E-state index contributed by atoms with van der Waals surface area (Å²) in [6, 6.07) is 3.97. The van der Waals surface area contributed by atoms with Gasteiger partial charge in [-0.05, 0) is 31.0 Å². The molecule has 9 heteroatoms. The summed E-state index contributed by atoms with van der Waals surface area (Å²) in [7, 11) is 1.44. The third-order valence-corrected chi connectivity index (χ3v) is 4.05. The van der Waals surface area contributed by atoms with E-state index in [1.54, 1.807) is 0 Å². The van der Waals surface area contributed by atoms with Crippen LogP contribution in [0.15, 0.2) is 18.2 Å². The van der Waals surface area contributed by atoms with Crippen LogP contribution < -0.4 is 14.8 Å². The monoisotopic (exact) mass is 358 g/mol. The number of carboxylic acids is 1. The van der Waals surface area contributed by atoms with Gasteiger partial charge in [0.15, 0.2) is 0 Å². The van der Waals surface area contributed by atoms with Crippen LogP contribution in [0.4, 0.5) is 13.6 Å². The molecule has 1 heterocycles. The Labute approximate surface area is 143 Å². The minimum absolute atomic E-state index is 0.0169. The molecule has 0 aromatic heterocycles. The molecule has 7 nitrogen and oxygen atoms in total. The van der Waals surface area contributed by atoms with Crippen LogP contribution in [0, 0.1) is 5.92 Å². The smallest absolute Gasteiger partial charge is 0.387 e. The Morgan fingerprint density at radius 3 is 2.60 bits per heavy atom. The van der Waals surface area contributed by atoms with Gasteiger partial charge < -0.3 is 24.8 Å². The number of urea groups is 1. The van der Waals surface area contributed by atoms with E-state index in [4.69, 9.17) is 9.84 Å². The molecule has 138 valence electrons. The summed E-state index contributed by atoms with van der Waals surface area (Å²) in [6.07, 6.45) is 0.781. The number of hydrogen-bond acceptors (Lipinski definition) is 4. The maximum Gasteiger partial charge on any atom is 0.387 e. The number of hydrogen-bond donors (Lipinski definition) is 2. The number of nitrogens with one attached hydrogen (secondary N) is 1. The van der Waals surface area contributed by atoms with Gasteiger partial charge in [-0.25, -0.2) is 4.79 Å². The summed E-state index contributed by atoms with van der Waals surface area (Å²) < 4.78 is 34.4. The van der Waals surface area contributed by atoms with Crippen molar-refractivity contribution in [3.05, 3.63) is 23.8 Å². The number of carboxylic acid groups (broad SMARTS) is 1. The molecule has 2 rings (SSSR count). The van der Waals surface area contributed by atoms with E-state index in [0.717, 1.165) is 0 Å². The van der Waals surface area contributed by atoms with E-state index >= 15 is 0 Å². The zero-order valence-electron chi connectivity index (χ0n) is 13.7. The van der Waals surface area contributed by atoms with Crippen molar-refractivity contribution < 1.29 is 33.0 Å². The molecule has 0 spiro atoms. The minimum Gasteiger partial charge on any atom is -0.497 e. The van der Waals surface area contributed by atoms with Crippen LogP contribution in [-0.2, 0) is 11.3 Å². The van der Waals surface area contributed by atoms with Gasteiger partial charge in [0.2, 0.25) is 0 Å². The fraction of sp³-hybridized carbons (Fsp3) is 0.500. The maximum atomic E-state index is 12.5. The van der Waals surface area contributed by atoms with E-state index in [9.17, 15) is 18.4 Å². The van der Waals surface area contributed by atoms with Crippen molar-refractivity contribution in [2.75, 3.05) is 20.2 Å². The predicted octanol–water partition coefficient (Wildman–Crippen LogP) is 2.30. The van der Waals surface area contributed by atoms with E-state index in [1.807, 2.05) is 0 Å². The van der Waals surface area contributed by atoms with Crippen molar-refractivity contribution >= 4 is 12.0 Å². The molecule has 25 heavy (non-hydrogen) atoms. The largest absolute Gasteiger partial charge is 0.497 e. The zero-order valence-corrected chi connectivity index (χ0v) is 13.7. The fourth-order valence-electron chi connectivity index (χ4n) is 2.64. The first-order valence-corrected chi connectivity index (χ1v) is 7.78. The van der Waals surface area contributed by atoms with Crippen molar-refractivity contribution in [2.45, 2.75) is 26.0 Å². The van der Waals surface area contributed by atoms with E-state index < -0.39 is 18.5 Å². The third kappa shape index (κ3) is 5.20. The lowest BCUT2D eigenvalue weighted by Crippen LogP contribution is -2.45. The van der Waals surface area contributed by atoms with E-state index in [0.29, 0.717) is 37.2 Å². The molecule has 2 N–H and O–H groups in total. The molecule has 1 aliphatic rings. The molecular weight excluding hydrogens is 338 g/mol. The van der Waals surface area contributed by atoms with Gasteiger partial charge in [-0.1, -0.05) is 0 Å². The first-order chi connectivity index (χ1) is 11.9. The minimum atomic E-state index is -2.97. The Bertz CT molecular complexity index is 619. The lowest BCUT2D eigenvalue weighted by atomic mass is 9.97. The number of likely N-dealkylation sites (tertiary alicyclic amines) is 1. The summed E-state index contributed by atoms with van der Waals surface area (Å²) in [6.45, 7) is -2.32. The molecule has 0 aliphatic carbocycles. The first kappa shape index (κ1) is 18.8. The highest BCUT2D eigenvalue weighted by atomic mass is 19.3. The number of rotatable bonds is 6. The lowest BCUT2D eigenvalue weighted by Gasteiger charge is -2.30. The van der Waals surface area contributed by atoms with Crippen LogP contribution in [0.5, 0.6) is 11.5 Å². The van der Waals surface area contributed by atoms with E-state index in [2.05, 4.69) is 10.1 Å². The van der Waals surface area contributed by atoms with Gasteiger partial charge in [0.25, 0.3) is 0 Å². The number of aliphatic carboxylic acids is 1. The topological polar surface area (TPSA) is 88.1 Å². The zero-order chi connectivity index (χ0) is 18.4. The van der Waals surface area contributed by atoms with Gasteiger partial charge >= 0.3 is 18.6 Å². The number of alkyl halides is 2. The Kier molecular flexibility index (Phi) is 6.37. The highest BCUT2D eigenvalue weighted by Crippen LogP contribution is 2.26. The highest BCUT2D eigenvalue weighted by molar-refractivity contribution is 5.75. The number of carbonyl (C=O) groups excluding carboxylic acids is 1. The van der Waals surface area contributed by atoms with Crippen molar-refractivity contribution in [3.63, 3.8) is 0 Å². The molecule has 2 amide bonds. The molecule has 0 radical (unpaired) electrons. The number of benzene rings is 1. The number of halogens is 2. The molecule has 1 aromatic carbocycles. The Balaban J connectivity index is 1.96. The number of nitrogens with zero attached hydrogens (tertiary/aromatic N) is 1. The first-order valence-electron chi connectivity index (χ1n) is 7.78. The number of carbonyl (C=O) groups is 2. The van der Waals surface area contributed by atoms with Gasteiger partial charge in [-0.15, -0.1) is 0 Å². The van der Waals surface area contributed by atoms with Crippen LogP contribution in [0.2, 0.25) is 0 Å². The van der Waals surface area contributed by atoms with Gasteiger partial charge in [-0.3, -0.25) is 4.79 Å². The van der Waals surface area contributed by atoms with Gasteiger partial charge in [0, 0.05) is 25.2 Å². The van der Waals surface area contributed by atoms with Crippen molar-refractivity contribution in [2.24, 2.45) is 5.92 Å². The van der Waals surface area contributed by atoms with Crippen LogP contribution >= 0.6 is 0 Å². The number of amides is 2. The molecule has 1 aromatic rings. The molecule has 0 atom stereocenters. The Morgan fingerprint density at radius 1 is 1.36 bits per heavy atom. The number of ether oxygens (including phenoxy) is 2. The van der Waals surface area contributed by atoms with Crippen LogP contribution in [0.25, 0.3) is 0 Å². The second kappa shape index (κ2) is 8.50. The summed E-state index contributed by atoms with van der Waals surface area (Å²) in [5, 5.41) is 11.6. The van der Waals surface area contributed by atoms with Crippen LogP contribution in [-0.4, -0.2) is 48.8 Å². The predicted molar refractivity (Wildman–Crippen MR) is 83.8 cm³/mol. The maximum absolute atomic E-state index is 12.5. The lowest BCUT2D eigenvalue weighted by molar-refractivity contribution is -0.143. The van der Waals surface area contributed by atoms with E-state index in [-0.39, 0.29) is 18.3 Å². The second-order valence-electron chi connectivity index (χ2n) is 5.61. The summed E-state index contributed by atoms with van der Waals surface area (Å²) in [5.41, 5.74) is 0.355. The molecule has 1 aliphatic heterocycles. The van der Waals surface area contributed by atoms with Crippen LogP contribution in [0.3, 0.4) is 0 Å². The average molecular weight is 358 g/mol. The summed E-state index contributed by atoms with van der Waals surface area (Å²) >= 11 is 0. The SMILES string of the molecule is COc1ccc(OC(F)F)c(CNC(=O)N2CCC(C(=O)O)CC2)c1. The van der Waals surface area contributed by atoms with E-state index in [1.165, 1.54) is 30.2 Å². The molecule has 0 saturated carbocycles. The van der Waals surface area contributed by atoms with Crippen LogP contribution in [0.1, 0.15) is 18.4 Å². The van der Waals surface area contributed by atoms with Gasteiger partial charge in [-0.2, -0.15) is 8.78 Å². The quantitative estimate of drug-likeness (QED) is 0.815. The summed E-state index contributed by atoms with van der Waals surface area (Å²) in [5.74, 6) is -0.882. The molecule has 0 unspecified atom stereocenters. The molecular formula is C16H20F2N2O5. The molecule has 1 fully saturated rings. The number of methoxy groups -OCH3 is 1. The third-order valence-electron chi connectivity index (χ3n) is 4.05. The normalized spacial score (nSPS) is 15.1. The summed E-state index contributed by atoms with van der Waals surface area (Å²) in [4.78, 5) is 24.6. The van der Waals surface area contributed by atoms with Crippen molar-refractivity contribution in [3.8, 4) is 11.5 Å². The molecule has 1 saturated heterocycles. The van der Waals surface area contributed by atoms with Crippen molar-refractivity contribution in [1.82, 2.24) is 10.2 Å². The second-order valence-corrected chi connectivity index (χ2v) is 5.61. The Hall–Kier alpha value is -2.58. The number of piperidine rings is 1. The standard InChI is InChI=1S/C16H20F2N2O5/c1-24-12-2-3-13(25-15(17)18)11(8-12)9-19-16(23)20-6-4-10(5-7-20)14(21)22/h2-3,8,10,15H,4-7,9H2,1H3,(H,19,23)(H,21,22). The van der Waals surface area contributed by atoms with Crippen molar-refractivity contribution in [1.29, 1.82) is 0 Å². The Morgan fingerprint density at radius 2 is 2.04 bits per heavy atom. The van der Waals surface area contributed by atoms with Gasteiger partial charge in [0.1, 0.15) is 11.5 Å². The average Bonchev–Trinajstić information content (AvgIpc) is 2.60. The molecule has 0 bridgehead atoms. The van der Waals surface area contributed by atoms with Gasteiger partial charge in [0.05, 0.1) is 13.0 Å². The fourth-order valence-corrected chi connectivity index (χ4v) is 2.64.